The summed E-state index contributed by atoms with van der Waals surface area (Å²) in [7, 11) is 0. The lowest BCUT2D eigenvalue weighted by atomic mass is 10.0. The zero-order valence-corrected chi connectivity index (χ0v) is 18.1. The highest BCUT2D eigenvalue weighted by molar-refractivity contribution is 6.04. The average Bonchev–Trinajstić information content (AvgIpc) is 3.49. The van der Waals surface area contributed by atoms with Gasteiger partial charge in [0.1, 0.15) is 5.82 Å². The Kier molecular flexibility index (Phi) is 6.07. The van der Waals surface area contributed by atoms with Crippen LogP contribution in [0.5, 0.6) is 11.5 Å². The van der Waals surface area contributed by atoms with Crippen molar-refractivity contribution < 1.29 is 14.3 Å². The summed E-state index contributed by atoms with van der Waals surface area (Å²) in [5.41, 5.74) is 1.94. The van der Waals surface area contributed by atoms with Gasteiger partial charge in [0, 0.05) is 24.7 Å². The second kappa shape index (κ2) is 9.44. The largest absolute Gasteiger partial charge is 0.454 e. The van der Waals surface area contributed by atoms with Crippen molar-refractivity contribution in [3.63, 3.8) is 0 Å². The molecule has 0 spiro atoms. The standard InChI is InChI=1S/C25H28N4O3/c30-25(20-8-9-22-23(17-20)32-18-31-22)27-24-10-13-26-29(24)21-11-15-28(16-12-21)14-4-7-19-5-2-1-3-6-19/h1-3,5-6,8-10,13,17,21H,4,7,11-12,14-16,18H2,(H,27,30). The van der Waals surface area contributed by atoms with Gasteiger partial charge in [-0.25, -0.2) is 4.68 Å². The highest BCUT2D eigenvalue weighted by Crippen LogP contribution is 2.33. The number of rotatable bonds is 7. The monoisotopic (exact) mass is 432 g/mol. The molecule has 32 heavy (non-hydrogen) atoms. The summed E-state index contributed by atoms with van der Waals surface area (Å²) >= 11 is 0. The number of benzene rings is 2. The third-order valence-corrected chi connectivity index (χ3v) is 6.23. The molecule has 3 heterocycles. The minimum absolute atomic E-state index is 0.177. The number of likely N-dealkylation sites (tertiary alicyclic amines) is 1. The molecule has 0 atom stereocenters. The highest BCUT2D eigenvalue weighted by atomic mass is 16.7. The molecule has 166 valence electrons. The number of aromatic nitrogens is 2. The maximum absolute atomic E-state index is 12.8. The molecular weight excluding hydrogens is 404 g/mol. The number of amides is 1. The maximum Gasteiger partial charge on any atom is 0.256 e. The van der Waals surface area contributed by atoms with Gasteiger partial charge in [0.15, 0.2) is 11.5 Å². The van der Waals surface area contributed by atoms with Gasteiger partial charge in [-0.3, -0.25) is 4.79 Å². The van der Waals surface area contributed by atoms with E-state index in [-0.39, 0.29) is 12.7 Å². The van der Waals surface area contributed by atoms with E-state index >= 15 is 0 Å². The van der Waals surface area contributed by atoms with E-state index in [9.17, 15) is 4.79 Å². The van der Waals surface area contributed by atoms with Crippen molar-refractivity contribution in [2.75, 3.05) is 31.7 Å². The predicted molar refractivity (Wildman–Crippen MR) is 122 cm³/mol. The molecule has 1 aromatic heterocycles. The van der Waals surface area contributed by atoms with Crippen molar-refractivity contribution >= 4 is 11.7 Å². The molecule has 1 amide bonds. The minimum Gasteiger partial charge on any atom is -0.454 e. The number of nitrogens with one attached hydrogen (secondary N) is 1. The number of carbonyl (C=O) groups excluding carboxylic acids is 1. The molecule has 1 fully saturated rings. The van der Waals surface area contributed by atoms with E-state index in [2.05, 4.69) is 45.6 Å². The number of hydrogen-bond acceptors (Lipinski definition) is 5. The fourth-order valence-electron chi connectivity index (χ4n) is 4.47. The molecule has 0 bridgehead atoms. The first-order chi connectivity index (χ1) is 15.8. The molecule has 2 aliphatic rings. The third kappa shape index (κ3) is 4.62. The number of hydrogen-bond donors (Lipinski definition) is 1. The normalized spacial score (nSPS) is 16.2. The molecule has 1 N–H and O–H groups in total. The average molecular weight is 433 g/mol. The van der Waals surface area contributed by atoms with Crippen molar-refractivity contribution in [3.05, 3.63) is 71.9 Å². The molecule has 0 radical (unpaired) electrons. The number of piperidine rings is 1. The van der Waals surface area contributed by atoms with Gasteiger partial charge in [-0.1, -0.05) is 30.3 Å². The van der Waals surface area contributed by atoms with E-state index in [4.69, 9.17) is 9.47 Å². The van der Waals surface area contributed by atoms with Gasteiger partial charge in [0.2, 0.25) is 6.79 Å². The zero-order chi connectivity index (χ0) is 21.8. The molecule has 2 aromatic carbocycles. The van der Waals surface area contributed by atoms with E-state index in [1.807, 2.05) is 10.7 Å². The second-order valence-electron chi connectivity index (χ2n) is 8.35. The molecule has 3 aromatic rings. The summed E-state index contributed by atoms with van der Waals surface area (Å²) in [6.07, 6.45) is 6.10. The topological polar surface area (TPSA) is 68.6 Å². The van der Waals surface area contributed by atoms with Crippen LogP contribution in [-0.4, -0.2) is 47.0 Å². The number of anilines is 1. The smallest absolute Gasteiger partial charge is 0.256 e. The van der Waals surface area contributed by atoms with Gasteiger partial charge in [0.05, 0.1) is 12.2 Å². The first-order valence-corrected chi connectivity index (χ1v) is 11.3. The number of nitrogens with zero attached hydrogens (tertiary/aromatic N) is 3. The Morgan fingerprint density at radius 2 is 1.84 bits per heavy atom. The van der Waals surface area contributed by atoms with Crippen molar-refractivity contribution in [1.82, 2.24) is 14.7 Å². The van der Waals surface area contributed by atoms with Crippen LogP contribution < -0.4 is 14.8 Å². The van der Waals surface area contributed by atoms with E-state index in [0.717, 1.165) is 44.7 Å². The van der Waals surface area contributed by atoms with Crippen molar-refractivity contribution in [1.29, 1.82) is 0 Å². The number of aryl methyl sites for hydroxylation is 1. The second-order valence-corrected chi connectivity index (χ2v) is 8.35. The Labute approximate surface area is 187 Å². The van der Waals surface area contributed by atoms with Gasteiger partial charge in [-0.05, 0) is 56.0 Å². The molecular formula is C25H28N4O3. The molecule has 7 heteroatoms. The predicted octanol–water partition coefficient (Wildman–Crippen LogP) is 4.13. The van der Waals surface area contributed by atoms with Crippen LogP contribution in [0.15, 0.2) is 60.8 Å². The molecule has 1 saturated heterocycles. The summed E-state index contributed by atoms with van der Waals surface area (Å²) in [4.78, 5) is 15.3. The summed E-state index contributed by atoms with van der Waals surface area (Å²) in [5.74, 6) is 1.83. The van der Waals surface area contributed by atoms with E-state index < -0.39 is 0 Å². The molecule has 0 unspecified atom stereocenters. The van der Waals surface area contributed by atoms with E-state index in [1.54, 1.807) is 24.4 Å². The first kappa shape index (κ1) is 20.6. The first-order valence-electron chi connectivity index (χ1n) is 11.3. The van der Waals surface area contributed by atoms with Crippen LogP contribution >= 0.6 is 0 Å². The maximum atomic E-state index is 12.8. The van der Waals surface area contributed by atoms with Crippen molar-refractivity contribution in [2.24, 2.45) is 0 Å². The van der Waals surface area contributed by atoms with Gasteiger partial charge in [-0.15, -0.1) is 0 Å². The SMILES string of the molecule is O=C(Nc1ccnn1C1CCN(CCCc2ccccc2)CC1)c1ccc2c(c1)OCO2. The summed E-state index contributed by atoms with van der Waals surface area (Å²) in [5, 5.41) is 7.52. The highest BCUT2D eigenvalue weighted by Gasteiger charge is 2.23. The molecule has 5 rings (SSSR count). The lowest BCUT2D eigenvalue weighted by molar-refractivity contribution is 0.102. The fraction of sp³-hybridized carbons (Fsp3) is 0.360. The van der Waals surface area contributed by atoms with Gasteiger partial charge in [-0.2, -0.15) is 5.10 Å². The fourth-order valence-corrected chi connectivity index (χ4v) is 4.47. The number of fused-ring (bicyclic) bond motifs is 1. The van der Waals surface area contributed by atoms with Crippen molar-refractivity contribution in [2.45, 2.75) is 31.7 Å². The number of ether oxygens (including phenoxy) is 2. The summed E-state index contributed by atoms with van der Waals surface area (Å²) in [6.45, 7) is 3.41. The quantitative estimate of drug-likeness (QED) is 0.608. The summed E-state index contributed by atoms with van der Waals surface area (Å²) in [6, 6.07) is 18.1. The van der Waals surface area contributed by atoms with Crippen LogP contribution in [0.1, 0.15) is 41.2 Å². The molecule has 7 nitrogen and oxygen atoms in total. The van der Waals surface area contributed by atoms with Gasteiger partial charge >= 0.3 is 0 Å². The Hall–Kier alpha value is -3.32. The van der Waals surface area contributed by atoms with Crippen LogP contribution in [0.4, 0.5) is 5.82 Å². The number of carbonyl (C=O) groups is 1. The molecule has 0 aliphatic carbocycles. The molecule has 0 saturated carbocycles. The Bertz CT molecular complexity index is 1060. The Morgan fingerprint density at radius 1 is 1.03 bits per heavy atom. The van der Waals surface area contributed by atoms with Crippen LogP contribution in [0, 0.1) is 0 Å². The zero-order valence-electron chi connectivity index (χ0n) is 18.1. The Morgan fingerprint density at radius 3 is 2.69 bits per heavy atom. The third-order valence-electron chi connectivity index (χ3n) is 6.23. The van der Waals surface area contributed by atoms with E-state index in [0.29, 0.717) is 23.1 Å². The van der Waals surface area contributed by atoms with E-state index in [1.165, 1.54) is 12.0 Å². The lowest BCUT2D eigenvalue weighted by Gasteiger charge is -2.32. The van der Waals surface area contributed by atoms with Crippen LogP contribution in [0.3, 0.4) is 0 Å². The lowest BCUT2D eigenvalue weighted by Crippen LogP contribution is -2.36. The van der Waals surface area contributed by atoms with Crippen LogP contribution in [0.25, 0.3) is 0 Å². The Balaban J connectivity index is 1.14. The van der Waals surface area contributed by atoms with Crippen LogP contribution in [0.2, 0.25) is 0 Å². The van der Waals surface area contributed by atoms with Crippen LogP contribution in [-0.2, 0) is 6.42 Å². The summed E-state index contributed by atoms with van der Waals surface area (Å²) < 4.78 is 12.7. The molecule has 2 aliphatic heterocycles. The van der Waals surface area contributed by atoms with Gasteiger partial charge < -0.3 is 19.7 Å². The van der Waals surface area contributed by atoms with Gasteiger partial charge in [0.25, 0.3) is 5.91 Å². The minimum atomic E-state index is -0.177. The van der Waals surface area contributed by atoms with Crippen molar-refractivity contribution in [3.8, 4) is 11.5 Å².